The number of piperazine rings is 1. The predicted molar refractivity (Wildman–Crippen MR) is 130 cm³/mol. The first-order valence-electron chi connectivity index (χ1n) is 10.1. The van der Waals surface area contributed by atoms with Crippen molar-refractivity contribution in [1.82, 2.24) is 9.80 Å². The normalized spacial score (nSPS) is 14.7. The molecule has 2 aromatic rings. The number of anilines is 1. The van der Waals surface area contributed by atoms with E-state index in [0.717, 1.165) is 22.4 Å². The smallest absolute Gasteiger partial charge is 0.238 e. The first-order valence-corrected chi connectivity index (χ1v) is 10.1. The van der Waals surface area contributed by atoms with Crippen LogP contribution in [0.2, 0.25) is 0 Å². The SMILES string of the molecule is Cc1cccc(NC(=O)CN2CCN(C(=O)CC(N)c3ccccc3)CC2)c1C.Cl.Cl. The molecule has 1 aliphatic rings. The molecule has 0 aromatic heterocycles. The quantitative estimate of drug-likeness (QED) is 0.684. The summed E-state index contributed by atoms with van der Waals surface area (Å²) in [6.07, 6.45) is 0.303. The van der Waals surface area contributed by atoms with E-state index < -0.39 is 0 Å². The number of carbonyl (C=O) groups is 2. The van der Waals surface area contributed by atoms with E-state index in [1.807, 2.05) is 67.3 Å². The molecule has 0 bridgehead atoms. The van der Waals surface area contributed by atoms with Crippen molar-refractivity contribution in [3.8, 4) is 0 Å². The van der Waals surface area contributed by atoms with Gasteiger partial charge in [0.2, 0.25) is 11.8 Å². The minimum atomic E-state index is -0.287. The number of carbonyl (C=O) groups excluding carboxylic acids is 2. The topological polar surface area (TPSA) is 78.7 Å². The van der Waals surface area contributed by atoms with Crippen molar-refractivity contribution < 1.29 is 9.59 Å². The van der Waals surface area contributed by atoms with Crippen molar-refractivity contribution in [2.45, 2.75) is 26.3 Å². The van der Waals surface area contributed by atoms with Gasteiger partial charge in [-0.15, -0.1) is 24.8 Å². The van der Waals surface area contributed by atoms with Crippen LogP contribution in [-0.2, 0) is 9.59 Å². The van der Waals surface area contributed by atoms with Crippen LogP contribution >= 0.6 is 24.8 Å². The summed E-state index contributed by atoms with van der Waals surface area (Å²) >= 11 is 0. The Morgan fingerprint density at radius 1 is 0.968 bits per heavy atom. The Morgan fingerprint density at radius 3 is 2.26 bits per heavy atom. The highest BCUT2D eigenvalue weighted by Crippen LogP contribution is 2.18. The Kier molecular flexibility index (Phi) is 11.0. The van der Waals surface area contributed by atoms with Gasteiger partial charge in [0.15, 0.2) is 0 Å². The highest BCUT2D eigenvalue weighted by Gasteiger charge is 2.24. The molecule has 0 spiro atoms. The lowest BCUT2D eigenvalue weighted by Crippen LogP contribution is -2.50. The van der Waals surface area contributed by atoms with Gasteiger partial charge in [0.25, 0.3) is 0 Å². The first-order chi connectivity index (χ1) is 13.9. The van der Waals surface area contributed by atoms with Crippen LogP contribution in [0, 0.1) is 13.8 Å². The van der Waals surface area contributed by atoms with E-state index in [1.165, 1.54) is 0 Å². The summed E-state index contributed by atoms with van der Waals surface area (Å²) in [5.41, 5.74) is 10.3. The van der Waals surface area contributed by atoms with Gasteiger partial charge < -0.3 is 16.0 Å². The van der Waals surface area contributed by atoms with Crippen LogP contribution in [0.5, 0.6) is 0 Å². The molecule has 0 radical (unpaired) electrons. The Hall–Kier alpha value is -2.12. The lowest BCUT2D eigenvalue weighted by atomic mass is 10.0. The fourth-order valence-electron chi connectivity index (χ4n) is 3.57. The highest BCUT2D eigenvalue weighted by molar-refractivity contribution is 5.93. The third-order valence-electron chi connectivity index (χ3n) is 5.59. The number of hydrogen-bond donors (Lipinski definition) is 2. The van der Waals surface area contributed by atoms with Crippen molar-refractivity contribution in [2.75, 3.05) is 38.0 Å². The van der Waals surface area contributed by atoms with E-state index in [2.05, 4.69) is 10.2 Å². The third kappa shape index (κ3) is 7.51. The maximum atomic E-state index is 12.6. The molecule has 1 saturated heterocycles. The minimum absolute atomic E-state index is 0. The molecule has 2 amide bonds. The van der Waals surface area contributed by atoms with Gasteiger partial charge in [0.05, 0.1) is 6.54 Å². The second kappa shape index (κ2) is 12.7. The van der Waals surface area contributed by atoms with E-state index >= 15 is 0 Å². The van der Waals surface area contributed by atoms with Crippen molar-refractivity contribution in [1.29, 1.82) is 0 Å². The zero-order valence-corrected chi connectivity index (χ0v) is 19.7. The molecule has 1 heterocycles. The fraction of sp³-hybridized carbons (Fsp3) is 0.391. The van der Waals surface area contributed by atoms with Crippen molar-refractivity contribution in [3.63, 3.8) is 0 Å². The maximum absolute atomic E-state index is 12.6. The Bertz CT molecular complexity index is 856. The predicted octanol–water partition coefficient (Wildman–Crippen LogP) is 3.32. The molecule has 1 atom stereocenters. The number of aryl methyl sites for hydroxylation is 1. The van der Waals surface area contributed by atoms with Crippen molar-refractivity contribution in [3.05, 3.63) is 65.2 Å². The maximum Gasteiger partial charge on any atom is 0.238 e. The van der Waals surface area contributed by atoms with E-state index in [0.29, 0.717) is 39.1 Å². The van der Waals surface area contributed by atoms with Gasteiger partial charge in [-0.2, -0.15) is 0 Å². The summed E-state index contributed by atoms with van der Waals surface area (Å²) in [4.78, 5) is 28.9. The Labute approximate surface area is 197 Å². The van der Waals surface area contributed by atoms with E-state index in [1.54, 1.807) is 0 Å². The highest BCUT2D eigenvalue weighted by atomic mass is 35.5. The molecule has 1 aliphatic heterocycles. The van der Waals surface area contributed by atoms with Gasteiger partial charge in [0, 0.05) is 44.3 Å². The second-order valence-corrected chi connectivity index (χ2v) is 7.67. The van der Waals surface area contributed by atoms with E-state index in [4.69, 9.17) is 5.73 Å². The molecular weight excluding hydrogens is 435 g/mol. The van der Waals surface area contributed by atoms with Gasteiger partial charge in [-0.05, 0) is 36.6 Å². The second-order valence-electron chi connectivity index (χ2n) is 7.67. The molecule has 6 nitrogen and oxygen atoms in total. The van der Waals surface area contributed by atoms with Crippen LogP contribution in [0.1, 0.15) is 29.2 Å². The number of rotatable bonds is 6. The summed E-state index contributed by atoms with van der Waals surface area (Å²) in [6.45, 7) is 6.99. The van der Waals surface area contributed by atoms with Crippen LogP contribution in [0.15, 0.2) is 48.5 Å². The number of nitrogens with one attached hydrogen (secondary N) is 1. The number of halogens is 2. The van der Waals surface area contributed by atoms with Gasteiger partial charge in [-0.1, -0.05) is 42.5 Å². The molecule has 1 unspecified atom stereocenters. The summed E-state index contributed by atoms with van der Waals surface area (Å²) in [6, 6.07) is 15.3. The molecule has 8 heteroatoms. The van der Waals surface area contributed by atoms with Crippen molar-refractivity contribution in [2.24, 2.45) is 5.73 Å². The first kappa shape index (κ1) is 26.9. The molecule has 0 saturated carbocycles. The number of benzene rings is 2. The molecule has 170 valence electrons. The molecule has 0 aliphatic carbocycles. The fourth-order valence-corrected chi connectivity index (χ4v) is 3.57. The standard InChI is InChI=1S/C23H30N4O2.2ClH/c1-17-7-6-10-21(18(17)2)25-22(28)16-26-11-13-27(14-12-26)23(29)15-20(24)19-8-4-3-5-9-19;;/h3-10,20H,11-16,24H2,1-2H3,(H,25,28);2*1H. The number of nitrogens with zero attached hydrogens (tertiary/aromatic N) is 2. The Morgan fingerprint density at radius 2 is 1.61 bits per heavy atom. The molecule has 3 rings (SSSR count). The lowest BCUT2D eigenvalue weighted by Gasteiger charge is -2.34. The number of hydrogen-bond acceptors (Lipinski definition) is 4. The van der Waals surface area contributed by atoms with Crippen LogP contribution in [-0.4, -0.2) is 54.3 Å². The van der Waals surface area contributed by atoms with Gasteiger partial charge in [-0.25, -0.2) is 0 Å². The molecule has 1 fully saturated rings. The number of nitrogens with two attached hydrogens (primary N) is 1. The van der Waals surface area contributed by atoms with Crippen molar-refractivity contribution >= 4 is 42.3 Å². The van der Waals surface area contributed by atoms with Crippen LogP contribution in [0.4, 0.5) is 5.69 Å². The molecular formula is C23H32Cl2N4O2. The monoisotopic (exact) mass is 466 g/mol. The van der Waals surface area contributed by atoms with Crippen LogP contribution in [0.25, 0.3) is 0 Å². The van der Waals surface area contributed by atoms with E-state index in [9.17, 15) is 9.59 Å². The Balaban J connectivity index is 0.00000240. The van der Waals surface area contributed by atoms with Gasteiger partial charge in [-0.3, -0.25) is 14.5 Å². The van der Waals surface area contributed by atoms with Gasteiger partial charge >= 0.3 is 0 Å². The summed E-state index contributed by atoms with van der Waals surface area (Å²) in [5.74, 6) is 0.0467. The summed E-state index contributed by atoms with van der Waals surface area (Å²) < 4.78 is 0. The average Bonchev–Trinajstić information content (AvgIpc) is 2.72. The zero-order chi connectivity index (χ0) is 20.8. The van der Waals surface area contributed by atoms with Crippen LogP contribution < -0.4 is 11.1 Å². The average molecular weight is 467 g/mol. The van der Waals surface area contributed by atoms with Gasteiger partial charge in [0.1, 0.15) is 0 Å². The zero-order valence-electron chi connectivity index (χ0n) is 18.0. The largest absolute Gasteiger partial charge is 0.340 e. The molecule has 3 N–H and O–H groups in total. The molecule has 31 heavy (non-hydrogen) atoms. The lowest BCUT2D eigenvalue weighted by molar-refractivity contribution is -0.133. The van der Waals surface area contributed by atoms with Crippen LogP contribution in [0.3, 0.4) is 0 Å². The summed E-state index contributed by atoms with van der Waals surface area (Å²) in [7, 11) is 0. The third-order valence-corrected chi connectivity index (χ3v) is 5.59. The molecule has 2 aromatic carbocycles. The van der Waals surface area contributed by atoms with E-state index in [-0.39, 0.29) is 42.7 Å². The number of amides is 2. The minimum Gasteiger partial charge on any atom is -0.340 e. The summed E-state index contributed by atoms with van der Waals surface area (Å²) in [5, 5.41) is 3.00.